The van der Waals surface area contributed by atoms with Crippen molar-refractivity contribution in [2.24, 2.45) is 4.99 Å². The summed E-state index contributed by atoms with van der Waals surface area (Å²) < 4.78 is 13.5. The summed E-state index contributed by atoms with van der Waals surface area (Å²) in [5.74, 6) is 0.0835. The number of hydrogen-bond acceptors (Lipinski definition) is 7. The van der Waals surface area contributed by atoms with Crippen molar-refractivity contribution in [3.63, 3.8) is 0 Å². The SMILES string of the molecule is CCN(CC)c1ccc(C=c2sc3n(c2=O)C(c2ccccc2)C(C(=O)OC)=C(C)N=3)c(OCc2ccc(Cl)cc2Cl)c1. The molecule has 0 spiro atoms. The van der Waals surface area contributed by atoms with Crippen LogP contribution >= 0.6 is 34.5 Å². The van der Waals surface area contributed by atoms with E-state index in [1.54, 1.807) is 23.6 Å². The maximum atomic E-state index is 14.0. The van der Waals surface area contributed by atoms with E-state index >= 15 is 0 Å². The minimum atomic E-state index is -0.667. The van der Waals surface area contributed by atoms with Crippen molar-refractivity contribution in [3.8, 4) is 5.75 Å². The minimum Gasteiger partial charge on any atom is -0.488 e. The average Bonchev–Trinajstić information content (AvgIpc) is 3.31. The Hall–Kier alpha value is -3.85. The number of allylic oxidation sites excluding steroid dienone is 1. The van der Waals surface area contributed by atoms with Crippen LogP contribution in [0.25, 0.3) is 6.08 Å². The number of methoxy groups -OCH3 is 1. The van der Waals surface area contributed by atoms with E-state index in [4.69, 9.17) is 32.7 Å². The van der Waals surface area contributed by atoms with Crippen molar-refractivity contribution in [3.05, 3.63) is 124 Å². The number of anilines is 1. The highest BCUT2D eigenvalue weighted by Crippen LogP contribution is 2.31. The molecule has 0 amide bonds. The summed E-state index contributed by atoms with van der Waals surface area (Å²) in [6.45, 7) is 7.84. The first-order valence-electron chi connectivity index (χ1n) is 13.9. The van der Waals surface area contributed by atoms with Crippen LogP contribution in [0.2, 0.25) is 10.0 Å². The first-order valence-corrected chi connectivity index (χ1v) is 15.4. The summed E-state index contributed by atoms with van der Waals surface area (Å²) in [6.07, 6.45) is 1.81. The molecule has 4 aromatic rings. The second-order valence-corrected chi connectivity index (χ2v) is 11.8. The van der Waals surface area contributed by atoms with Crippen LogP contribution < -0.4 is 24.5 Å². The van der Waals surface area contributed by atoms with Crippen molar-refractivity contribution in [2.75, 3.05) is 25.1 Å². The number of ether oxygens (including phenoxy) is 2. The summed E-state index contributed by atoms with van der Waals surface area (Å²) in [4.78, 5) is 34.3. The normalized spacial score (nSPS) is 14.7. The molecule has 7 nitrogen and oxygen atoms in total. The number of fused-ring (bicyclic) bond motifs is 1. The number of carbonyl (C=O) groups excluding carboxylic acids is 1. The summed E-state index contributed by atoms with van der Waals surface area (Å²) >= 11 is 13.8. The zero-order valence-corrected chi connectivity index (χ0v) is 26.6. The Bertz CT molecular complexity index is 1880. The van der Waals surface area contributed by atoms with Gasteiger partial charge in [-0.2, -0.15) is 0 Å². The van der Waals surface area contributed by atoms with Gasteiger partial charge in [0.1, 0.15) is 12.4 Å². The van der Waals surface area contributed by atoms with E-state index < -0.39 is 12.0 Å². The van der Waals surface area contributed by atoms with E-state index in [0.29, 0.717) is 36.4 Å². The summed E-state index contributed by atoms with van der Waals surface area (Å²) in [5, 5.41) is 1.06. The Balaban J connectivity index is 1.64. The molecule has 222 valence electrons. The molecule has 5 rings (SSSR count). The van der Waals surface area contributed by atoms with Crippen LogP contribution in [0.5, 0.6) is 5.75 Å². The van der Waals surface area contributed by atoms with Crippen LogP contribution in [0.15, 0.2) is 87.8 Å². The lowest BCUT2D eigenvalue weighted by Gasteiger charge is -2.24. The van der Waals surface area contributed by atoms with Crippen LogP contribution in [0.3, 0.4) is 0 Å². The zero-order chi connectivity index (χ0) is 30.7. The Morgan fingerprint density at radius 1 is 1.07 bits per heavy atom. The quantitative estimate of drug-likeness (QED) is 0.207. The van der Waals surface area contributed by atoms with Gasteiger partial charge in [0.25, 0.3) is 5.56 Å². The molecule has 2 heterocycles. The Morgan fingerprint density at radius 3 is 2.49 bits per heavy atom. The highest BCUT2D eigenvalue weighted by Gasteiger charge is 2.33. The molecule has 0 saturated heterocycles. The average molecular weight is 637 g/mol. The molecule has 1 aliphatic rings. The smallest absolute Gasteiger partial charge is 0.338 e. The van der Waals surface area contributed by atoms with E-state index in [-0.39, 0.29) is 12.2 Å². The van der Waals surface area contributed by atoms with Gasteiger partial charge >= 0.3 is 5.97 Å². The molecule has 0 bridgehead atoms. The van der Waals surface area contributed by atoms with Crippen LogP contribution in [0, 0.1) is 0 Å². The molecule has 1 aromatic heterocycles. The van der Waals surface area contributed by atoms with Crippen LogP contribution in [0.1, 0.15) is 43.5 Å². The third-order valence-electron chi connectivity index (χ3n) is 7.35. The van der Waals surface area contributed by atoms with Gasteiger partial charge in [0.2, 0.25) is 0 Å². The maximum Gasteiger partial charge on any atom is 0.338 e. The number of carbonyl (C=O) groups is 1. The topological polar surface area (TPSA) is 73.1 Å². The Morgan fingerprint density at radius 2 is 1.81 bits per heavy atom. The van der Waals surface area contributed by atoms with Gasteiger partial charge in [-0.15, -0.1) is 0 Å². The summed E-state index contributed by atoms with van der Waals surface area (Å²) in [6, 6.07) is 20.0. The van der Waals surface area contributed by atoms with Crippen LogP contribution in [-0.4, -0.2) is 30.7 Å². The molecule has 1 atom stereocenters. The molecule has 3 aromatic carbocycles. The van der Waals surface area contributed by atoms with Crippen LogP contribution in [0.4, 0.5) is 5.69 Å². The lowest BCUT2D eigenvalue weighted by Crippen LogP contribution is -2.39. The third kappa shape index (κ3) is 6.27. The lowest BCUT2D eigenvalue weighted by molar-refractivity contribution is -0.136. The predicted molar refractivity (Wildman–Crippen MR) is 173 cm³/mol. The number of hydrogen-bond donors (Lipinski definition) is 0. The standard InChI is InChI=1S/C33H31Cl2N3O4S/c1-5-37(6-2)25-15-13-22(27(18-25)42-19-23-12-14-24(34)17-26(23)35)16-28-31(39)38-30(21-10-8-7-9-11-21)29(32(40)41-4)20(3)36-33(38)43-28/h7-18,30H,5-6,19H2,1-4H3. The molecule has 0 fully saturated rings. The molecule has 1 unspecified atom stereocenters. The fourth-order valence-electron chi connectivity index (χ4n) is 5.13. The highest BCUT2D eigenvalue weighted by atomic mass is 35.5. The van der Waals surface area contributed by atoms with Crippen LogP contribution in [-0.2, 0) is 16.1 Å². The van der Waals surface area contributed by atoms with Crippen molar-refractivity contribution < 1.29 is 14.3 Å². The van der Waals surface area contributed by atoms with E-state index in [2.05, 4.69) is 23.7 Å². The fraction of sp³-hybridized carbons (Fsp3) is 0.242. The molecular weight excluding hydrogens is 605 g/mol. The molecule has 0 aliphatic carbocycles. The van der Waals surface area contributed by atoms with Crippen molar-refractivity contribution in [1.82, 2.24) is 4.57 Å². The number of aromatic nitrogens is 1. The molecule has 0 saturated carbocycles. The predicted octanol–water partition coefficient (Wildman–Crippen LogP) is 6.14. The molecule has 0 N–H and O–H groups in total. The maximum absolute atomic E-state index is 14.0. The molecular formula is C33H31Cl2N3O4S. The minimum absolute atomic E-state index is 0.218. The second kappa shape index (κ2) is 13.2. The Kier molecular flexibility index (Phi) is 9.40. The van der Waals surface area contributed by atoms with Gasteiger partial charge in [0.05, 0.1) is 29.0 Å². The van der Waals surface area contributed by atoms with Gasteiger partial charge in [-0.1, -0.05) is 70.9 Å². The highest BCUT2D eigenvalue weighted by molar-refractivity contribution is 7.07. The number of nitrogens with zero attached hydrogens (tertiary/aromatic N) is 3. The number of benzene rings is 3. The van der Waals surface area contributed by atoms with Gasteiger partial charge in [-0.25, -0.2) is 9.79 Å². The summed E-state index contributed by atoms with van der Waals surface area (Å²) in [7, 11) is 1.33. The van der Waals surface area contributed by atoms with Gasteiger partial charge < -0.3 is 14.4 Å². The first kappa shape index (κ1) is 30.6. The largest absolute Gasteiger partial charge is 0.488 e. The number of thiazole rings is 1. The zero-order valence-electron chi connectivity index (χ0n) is 24.3. The molecule has 0 radical (unpaired) electrons. The molecule has 43 heavy (non-hydrogen) atoms. The van der Waals surface area contributed by atoms with E-state index in [9.17, 15) is 9.59 Å². The molecule has 10 heteroatoms. The van der Waals surface area contributed by atoms with Gasteiger partial charge in [0.15, 0.2) is 4.80 Å². The van der Waals surface area contributed by atoms with Crippen molar-refractivity contribution in [1.29, 1.82) is 0 Å². The number of esters is 1. The van der Waals surface area contributed by atoms with Crippen molar-refractivity contribution in [2.45, 2.75) is 33.4 Å². The van der Waals surface area contributed by atoms with Gasteiger partial charge in [-0.3, -0.25) is 9.36 Å². The monoisotopic (exact) mass is 635 g/mol. The molecule has 1 aliphatic heterocycles. The Labute approximate surface area is 263 Å². The van der Waals surface area contributed by atoms with Crippen molar-refractivity contribution >= 4 is 52.3 Å². The van der Waals surface area contributed by atoms with Gasteiger partial charge in [-0.05, 0) is 56.7 Å². The van der Waals surface area contributed by atoms with Gasteiger partial charge in [0, 0.05) is 46.0 Å². The fourth-order valence-corrected chi connectivity index (χ4v) is 6.63. The third-order valence-corrected chi connectivity index (χ3v) is 8.92. The van der Waals surface area contributed by atoms with E-state index in [1.807, 2.05) is 60.7 Å². The summed E-state index contributed by atoms with van der Waals surface area (Å²) in [5.41, 5.74) is 3.90. The second-order valence-electron chi connectivity index (χ2n) is 9.90. The number of halogens is 2. The number of rotatable bonds is 9. The lowest BCUT2D eigenvalue weighted by atomic mass is 9.96. The van der Waals surface area contributed by atoms with E-state index in [0.717, 1.165) is 35.5 Å². The first-order chi connectivity index (χ1) is 20.7. The van der Waals surface area contributed by atoms with E-state index in [1.165, 1.54) is 18.4 Å².